The number of carbonyl (C=O) groups is 1. The van der Waals surface area contributed by atoms with Crippen LogP contribution in [0.15, 0.2) is 22.7 Å². The lowest BCUT2D eigenvalue weighted by molar-refractivity contribution is -0.118. The van der Waals surface area contributed by atoms with Gasteiger partial charge in [-0.2, -0.15) is 0 Å². The van der Waals surface area contributed by atoms with Crippen LogP contribution in [0.4, 0.5) is 5.69 Å². The number of aryl methyl sites for hydroxylation is 1. The van der Waals surface area contributed by atoms with Gasteiger partial charge in [0, 0.05) is 16.8 Å². The molecule has 17 heavy (non-hydrogen) atoms. The maximum atomic E-state index is 11.8. The summed E-state index contributed by atoms with van der Waals surface area (Å²) in [5.74, 6) is 0.0210. The van der Waals surface area contributed by atoms with Gasteiger partial charge in [0.2, 0.25) is 5.91 Å². The number of anilines is 1. The predicted octanol–water partition coefficient (Wildman–Crippen LogP) is 3.27. The number of ether oxygens (including phenoxy) is 1. The lowest BCUT2D eigenvalue weighted by Gasteiger charge is -2.10. The Hall–Kier alpha value is -0.870. The van der Waals surface area contributed by atoms with E-state index in [2.05, 4.69) is 21.2 Å². The van der Waals surface area contributed by atoms with E-state index in [0.717, 1.165) is 35.2 Å². The summed E-state index contributed by atoms with van der Waals surface area (Å²) in [6, 6.07) is 5.81. The topological polar surface area (TPSA) is 38.3 Å². The van der Waals surface area contributed by atoms with Crippen LogP contribution in [-0.4, -0.2) is 18.6 Å². The van der Waals surface area contributed by atoms with Crippen molar-refractivity contribution in [3.05, 3.63) is 28.2 Å². The molecule has 1 N–H and O–H groups in total. The molecule has 0 aromatic heterocycles. The molecule has 2 rings (SSSR count). The fourth-order valence-electron chi connectivity index (χ4n) is 1.89. The first-order chi connectivity index (χ1) is 8.15. The second-order valence-electron chi connectivity index (χ2n) is 4.35. The quantitative estimate of drug-likeness (QED) is 0.930. The molecule has 0 spiro atoms. The number of hydrogen-bond acceptors (Lipinski definition) is 2. The van der Waals surface area contributed by atoms with Crippen molar-refractivity contribution in [2.45, 2.75) is 32.3 Å². The molecule has 1 aromatic rings. The van der Waals surface area contributed by atoms with Gasteiger partial charge < -0.3 is 10.1 Å². The fourth-order valence-corrected chi connectivity index (χ4v) is 2.27. The number of carbonyl (C=O) groups excluding carboxylic acids is 1. The summed E-state index contributed by atoms with van der Waals surface area (Å²) in [5.41, 5.74) is 1.98. The molecule has 1 fully saturated rings. The third kappa shape index (κ3) is 3.54. The van der Waals surface area contributed by atoms with E-state index in [1.807, 2.05) is 25.1 Å². The molecule has 0 saturated carbocycles. The average Bonchev–Trinajstić information content (AvgIpc) is 2.76. The Morgan fingerprint density at radius 3 is 3.06 bits per heavy atom. The summed E-state index contributed by atoms with van der Waals surface area (Å²) in [5, 5.41) is 2.89. The minimum atomic E-state index is 0.0210. The zero-order chi connectivity index (χ0) is 12.3. The molecule has 1 amide bonds. The van der Waals surface area contributed by atoms with Gasteiger partial charge in [0.25, 0.3) is 0 Å². The highest BCUT2D eigenvalue weighted by Crippen LogP contribution is 2.21. The Kier molecular flexibility index (Phi) is 4.18. The Morgan fingerprint density at radius 2 is 2.41 bits per heavy atom. The maximum Gasteiger partial charge on any atom is 0.226 e. The van der Waals surface area contributed by atoms with Crippen LogP contribution >= 0.6 is 15.9 Å². The molecule has 92 valence electrons. The highest BCUT2D eigenvalue weighted by molar-refractivity contribution is 9.10. The van der Waals surface area contributed by atoms with Crippen molar-refractivity contribution in [2.24, 2.45) is 0 Å². The van der Waals surface area contributed by atoms with E-state index in [4.69, 9.17) is 4.74 Å². The van der Waals surface area contributed by atoms with E-state index in [1.165, 1.54) is 0 Å². The Labute approximate surface area is 110 Å². The van der Waals surface area contributed by atoms with Gasteiger partial charge in [-0.05, 0) is 37.5 Å². The van der Waals surface area contributed by atoms with E-state index in [1.54, 1.807) is 0 Å². The second kappa shape index (κ2) is 5.65. The van der Waals surface area contributed by atoms with Crippen LogP contribution in [0.1, 0.15) is 24.8 Å². The summed E-state index contributed by atoms with van der Waals surface area (Å²) in [6.45, 7) is 2.80. The van der Waals surface area contributed by atoms with Crippen molar-refractivity contribution in [1.29, 1.82) is 0 Å². The van der Waals surface area contributed by atoms with Crippen LogP contribution in [0, 0.1) is 6.92 Å². The molecule has 1 heterocycles. The van der Waals surface area contributed by atoms with Crippen LogP contribution in [0.3, 0.4) is 0 Å². The molecule has 4 heteroatoms. The lowest BCUT2D eigenvalue weighted by Crippen LogP contribution is -2.19. The molecule has 1 aromatic carbocycles. The minimum Gasteiger partial charge on any atom is -0.378 e. The van der Waals surface area contributed by atoms with Gasteiger partial charge in [-0.25, -0.2) is 0 Å². The van der Waals surface area contributed by atoms with Crippen molar-refractivity contribution < 1.29 is 9.53 Å². The van der Waals surface area contributed by atoms with E-state index >= 15 is 0 Å². The predicted molar refractivity (Wildman–Crippen MR) is 71.1 cm³/mol. The average molecular weight is 298 g/mol. The number of nitrogens with one attached hydrogen (secondary N) is 1. The van der Waals surface area contributed by atoms with Gasteiger partial charge in [0.05, 0.1) is 12.5 Å². The molecular formula is C13H16BrNO2. The number of amides is 1. The Bertz CT molecular complexity index is 414. The summed E-state index contributed by atoms with van der Waals surface area (Å²) in [6.07, 6.45) is 2.61. The van der Waals surface area contributed by atoms with Crippen LogP contribution in [0.25, 0.3) is 0 Å². The number of hydrogen-bond donors (Lipinski definition) is 1. The van der Waals surface area contributed by atoms with Crippen LogP contribution in [0.2, 0.25) is 0 Å². The first-order valence-corrected chi connectivity index (χ1v) is 6.62. The Morgan fingerprint density at radius 1 is 1.59 bits per heavy atom. The second-order valence-corrected chi connectivity index (χ2v) is 5.21. The van der Waals surface area contributed by atoms with Crippen molar-refractivity contribution in [1.82, 2.24) is 0 Å². The van der Waals surface area contributed by atoms with E-state index in [-0.39, 0.29) is 12.0 Å². The van der Waals surface area contributed by atoms with E-state index in [9.17, 15) is 4.79 Å². The Balaban J connectivity index is 1.90. The van der Waals surface area contributed by atoms with E-state index < -0.39 is 0 Å². The SMILES string of the molecule is Cc1ccc(NC(=O)CC2CCCO2)cc1Br. The first-order valence-electron chi connectivity index (χ1n) is 5.83. The number of benzene rings is 1. The lowest BCUT2D eigenvalue weighted by atomic mass is 10.1. The summed E-state index contributed by atoms with van der Waals surface area (Å²) >= 11 is 3.45. The fraction of sp³-hybridized carbons (Fsp3) is 0.462. The zero-order valence-corrected chi connectivity index (χ0v) is 11.4. The van der Waals surface area contributed by atoms with Crippen LogP contribution in [-0.2, 0) is 9.53 Å². The molecule has 0 bridgehead atoms. The van der Waals surface area contributed by atoms with Gasteiger partial charge in [-0.3, -0.25) is 4.79 Å². The standard InChI is InChI=1S/C13H16BrNO2/c1-9-4-5-10(7-12(9)14)15-13(16)8-11-3-2-6-17-11/h4-5,7,11H,2-3,6,8H2,1H3,(H,15,16). The molecule has 1 atom stereocenters. The number of halogens is 1. The van der Waals surface area contributed by atoms with Gasteiger partial charge in [-0.1, -0.05) is 22.0 Å². The first kappa shape index (κ1) is 12.6. The normalized spacial score (nSPS) is 19.3. The summed E-state index contributed by atoms with van der Waals surface area (Å²) in [4.78, 5) is 11.8. The third-order valence-corrected chi connectivity index (χ3v) is 3.75. The molecule has 3 nitrogen and oxygen atoms in total. The molecule has 0 radical (unpaired) electrons. The summed E-state index contributed by atoms with van der Waals surface area (Å²) < 4.78 is 6.44. The van der Waals surface area contributed by atoms with Crippen LogP contribution < -0.4 is 5.32 Å². The molecule has 1 saturated heterocycles. The molecule has 1 aliphatic rings. The smallest absolute Gasteiger partial charge is 0.226 e. The largest absolute Gasteiger partial charge is 0.378 e. The monoisotopic (exact) mass is 297 g/mol. The van der Waals surface area contributed by atoms with Gasteiger partial charge in [0.1, 0.15) is 0 Å². The third-order valence-electron chi connectivity index (χ3n) is 2.89. The van der Waals surface area contributed by atoms with Gasteiger partial charge >= 0.3 is 0 Å². The highest BCUT2D eigenvalue weighted by Gasteiger charge is 2.19. The minimum absolute atomic E-state index is 0.0210. The van der Waals surface area contributed by atoms with Gasteiger partial charge in [-0.15, -0.1) is 0 Å². The zero-order valence-electron chi connectivity index (χ0n) is 9.83. The molecule has 0 aliphatic carbocycles. The van der Waals surface area contributed by atoms with Crippen molar-refractivity contribution in [3.63, 3.8) is 0 Å². The molecule has 1 aliphatic heterocycles. The van der Waals surface area contributed by atoms with E-state index in [0.29, 0.717) is 6.42 Å². The van der Waals surface area contributed by atoms with Crippen molar-refractivity contribution in [2.75, 3.05) is 11.9 Å². The highest BCUT2D eigenvalue weighted by atomic mass is 79.9. The van der Waals surface area contributed by atoms with Crippen LogP contribution in [0.5, 0.6) is 0 Å². The number of rotatable bonds is 3. The van der Waals surface area contributed by atoms with Crippen molar-refractivity contribution in [3.8, 4) is 0 Å². The molecular weight excluding hydrogens is 282 g/mol. The maximum absolute atomic E-state index is 11.8. The van der Waals surface area contributed by atoms with Gasteiger partial charge in [0.15, 0.2) is 0 Å². The summed E-state index contributed by atoms with van der Waals surface area (Å²) in [7, 11) is 0. The molecule has 1 unspecified atom stereocenters. The van der Waals surface area contributed by atoms with Crippen molar-refractivity contribution >= 4 is 27.5 Å².